The summed E-state index contributed by atoms with van der Waals surface area (Å²) in [6, 6.07) is 5.24. The maximum atomic E-state index is 11.9. The fraction of sp³-hybridized carbons (Fsp3) is 0.312. The Balaban J connectivity index is 1.84. The zero-order valence-electron chi connectivity index (χ0n) is 13.0. The standard InChI is InChI=1S/C16H17Cl2N3O3/c1-9-13(15(23)21-16(24)20-9)2-3-14(22)19-5-4-10-6-11(17)8-12(18)7-10/h6-8H,2-5H2,1H3,(H,19,22)(H2,20,21,23,24). The van der Waals surface area contributed by atoms with E-state index in [0.29, 0.717) is 34.3 Å². The van der Waals surface area contributed by atoms with Crippen LogP contribution in [-0.2, 0) is 17.6 Å². The van der Waals surface area contributed by atoms with Crippen molar-refractivity contribution in [2.45, 2.75) is 26.2 Å². The van der Waals surface area contributed by atoms with E-state index in [2.05, 4.69) is 15.3 Å². The number of rotatable bonds is 6. The van der Waals surface area contributed by atoms with Crippen molar-refractivity contribution in [3.8, 4) is 0 Å². The van der Waals surface area contributed by atoms with E-state index in [4.69, 9.17) is 23.2 Å². The van der Waals surface area contributed by atoms with Crippen LogP contribution in [0, 0.1) is 6.92 Å². The molecule has 0 aliphatic carbocycles. The molecule has 2 rings (SSSR count). The molecule has 0 aliphatic heterocycles. The minimum atomic E-state index is -0.550. The van der Waals surface area contributed by atoms with Gasteiger partial charge in [0.15, 0.2) is 0 Å². The third-order valence-corrected chi connectivity index (χ3v) is 3.95. The van der Waals surface area contributed by atoms with E-state index < -0.39 is 11.2 Å². The van der Waals surface area contributed by atoms with Crippen LogP contribution in [-0.4, -0.2) is 22.4 Å². The molecule has 0 unspecified atom stereocenters. The second-order valence-corrected chi connectivity index (χ2v) is 6.26. The summed E-state index contributed by atoms with van der Waals surface area (Å²) in [5.41, 5.74) is 0.806. The normalized spacial score (nSPS) is 10.6. The summed E-state index contributed by atoms with van der Waals surface area (Å²) in [6.45, 7) is 2.07. The van der Waals surface area contributed by atoms with Gasteiger partial charge in [0.1, 0.15) is 0 Å². The van der Waals surface area contributed by atoms with Gasteiger partial charge in [0, 0.05) is 34.3 Å². The van der Waals surface area contributed by atoms with Crippen molar-refractivity contribution in [3.63, 3.8) is 0 Å². The number of halogens is 2. The molecular weight excluding hydrogens is 353 g/mol. The van der Waals surface area contributed by atoms with Gasteiger partial charge in [0.05, 0.1) is 0 Å². The Kier molecular flexibility index (Phi) is 6.23. The Labute approximate surface area is 148 Å². The molecule has 0 bridgehead atoms. The topological polar surface area (TPSA) is 94.8 Å². The molecule has 0 saturated heterocycles. The van der Waals surface area contributed by atoms with Gasteiger partial charge >= 0.3 is 5.69 Å². The molecule has 6 nitrogen and oxygen atoms in total. The Morgan fingerprint density at radius 3 is 2.38 bits per heavy atom. The van der Waals surface area contributed by atoms with E-state index in [9.17, 15) is 14.4 Å². The number of nitrogens with one attached hydrogen (secondary N) is 3. The van der Waals surface area contributed by atoms with Crippen LogP contribution in [0.3, 0.4) is 0 Å². The van der Waals surface area contributed by atoms with Crippen LogP contribution in [0.15, 0.2) is 27.8 Å². The number of benzene rings is 1. The molecule has 1 amide bonds. The van der Waals surface area contributed by atoms with Gasteiger partial charge in [-0.3, -0.25) is 14.6 Å². The summed E-state index contributed by atoms with van der Waals surface area (Å²) < 4.78 is 0. The van der Waals surface area contributed by atoms with Crippen molar-refractivity contribution in [1.29, 1.82) is 0 Å². The van der Waals surface area contributed by atoms with Crippen molar-refractivity contribution < 1.29 is 4.79 Å². The first kappa shape index (κ1) is 18.3. The fourth-order valence-electron chi connectivity index (χ4n) is 2.36. The molecule has 0 atom stereocenters. The molecule has 128 valence electrons. The molecule has 3 N–H and O–H groups in total. The Morgan fingerprint density at radius 2 is 1.75 bits per heavy atom. The number of carbonyl (C=O) groups excluding carboxylic acids is 1. The van der Waals surface area contributed by atoms with Gasteiger partial charge < -0.3 is 10.3 Å². The molecule has 0 aliphatic rings. The largest absolute Gasteiger partial charge is 0.356 e. The van der Waals surface area contributed by atoms with Crippen molar-refractivity contribution in [2.24, 2.45) is 0 Å². The summed E-state index contributed by atoms with van der Waals surface area (Å²) in [5, 5.41) is 3.89. The molecule has 24 heavy (non-hydrogen) atoms. The molecule has 1 aromatic carbocycles. The minimum Gasteiger partial charge on any atom is -0.356 e. The number of aromatic nitrogens is 2. The SMILES string of the molecule is Cc1[nH]c(=O)[nH]c(=O)c1CCC(=O)NCCc1cc(Cl)cc(Cl)c1. The monoisotopic (exact) mass is 369 g/mol. The summed E-state index contributed by atoms with van der Waals surface area (Å²) in [6.07, 6.45) is 1.02. The number of aromatic amines is 2. The van der Waals surface area contributed by atoms with Gasteiger partial charge in [-0.05, 0) is 43.5 Å². The van der Waals surface area contributed by atoms with E-state index in [1.165, 1.54) is 0 Å². The quantitative estimate of drug-likeness (QED) is 0.726. The zero-order valence-corrected chi connectivity index (χ0v) is 14.6. The first-order chi connectivity index (χ1) is 11.3. The van der Waals surface area contributed by atoms with Crippen molar-refractivity contribution in [1.82, 2.24) is 15.3 Å². The van der Waals surface area contributed by atoms with Crippen molar-refractivity contribution in [3.05, 3.63) is 65.9 Å². The molecule has 0 saturated carbocycles. The Morgan fingerprint density at radius 1 is 1.08 bits per heavy atom. The average Bonchev–Trinajstić information content (AvgIpc) is 2.45. The molecule has 2 aromatic rings. The van der Waals surface area contributed by atoms with E-state index in [0.717, 1.165) is 5.56 Å². The van der Waals surface area contributed by atoms with Gasteiger partial charge in [-0.25, -0.2) is 4.79 Å². The lowest BCUT2D eigenvalue weighted by molar-refractivity contribution is -0.121. The van der Waals surface area contributed by atoms with Crippen LogP contribution in [0.2, 0.25) is 10.0 Å². The van der Waals surface area contributed by atoms with Crippen LogP contribution in [0.4, 0.5) is 0 Å². The van der Waals surface area contributed by atoms with Crippen LogP contribution in [0.5, 0.6) is 0 Å². The fourth-order valence-corrected chi connectivity index (χ4v) is 2.93. The van der Waals surface area contributed by atoms with Crippen LogP contribution in [0.1, 0.15) is 23.2 Å². The summed E-state index contributed by atoms with van der Waals surface area (Å²) in [4.78, 5) is 39.4. The number of amides is 1. The molecule has 0 radical (unpaired) electrons. The lowest BCUT2D eigenvalue weighted by Gasteiger charge is -2.07. The highest BCUT2D eigenvalue weighted by molar-refractivity contribution is 6.34. The molecule has 1 aromatic heterocycles. The summed E-state index contributed by atoms with van der Waals surface area (Å²) in [7, 11) is 0. The highest BCUT2D eigenvalue weighted by Crippen LogP contribution is 2.19. The lowest BCUT2D eigenvalue weighted by atomic mass is 10.1. The second kappa shape index (κ2) is 8.17. The Hall–Kier alpha value is -2.05. The maximum Gasteiger partial charge on any atom is 0.325 e. The lowest BCUT2D eigenvalue weighted by Crippen LogP contribution is -2.29. The molecular formula is C16H17Cl2N3O3. The molecule has 1 heterocycles. The van der Waals surface area contributed by atoms with E-state index in [-0.39, 0.29) is 18.7 Å². The summed E-state index contributed by atoms with van der Waals surface area (Å²) in [5.74, 6) is -0.173. The first-order valence-corrected chi connectivity index (χ1v) is 8.14. The van der Waals surface area contributed by atoms with E-state index in [1.54, 1.807) is 25.1 Å². The Bertz CT molecular complexity index is 838. The van der Waals surface area contributed by atoms with Crippen LogP contribution < -0.4 is 16.6 Å². The number of H-pyrrole nitrogens is 2. The minimum absolute atomic E-state index is 0.159. The highest BCUT2D eigenvalue weighted by atomic mass is 35.5. The highest BCUT2D eigenvalue weighted by Gasteiger charge is 2.09. The number of aryl methyl sites for hydroxylation is 1. The van der Waals surface area contributed by atoms with Gasteiger partial charge in [-0.2, -0.15) is 0 Å². The maximum absolute atomic E-state index is 11.9. The van der Waals surface area contributed by atoms with Gasteiger partial charge in [-0.1, -0.05) is 23.2 Å². The second-order valence-electron chi connectivity index (χ2n) is 5.39. The van der Waals surface area contributed by atoms with Crippen molar-refractivity contribution >= 4 is 29.1 Å². The first-order valence-electron chi connectivity index (χ1n) is 7.39. The predicted molar refractivity (Wildman–Crippen MR) is 93.9 cm³/mol. The third kappa shape index (κ3) is 5.25. The summed E-state index contributed by atoms with van der Waals surface area (Å²) >= 11 is 11.8. The zero-order chi connectivity index (χ0) is 17.7. The van der Waals surface area contributed by atoms with Gasteiger partial charge in [-0.15, -0.1) is 0 Å². The van der Waals surface area contributed by atoms with Gasteiger partial charge in [0.2, 0.25) is 5.91 Å². The molecule has 0 spiro atoms. The average molecular weight is 370 g/mol. The number of hydrogen-bond acceptors (Lipinski definition) is 3. The van der Waals surface area contributed by atoms with E-state index >= 15 is 0 Å². The third-order valence-electron chi connectivity index (χ3n) is 3.52. The number of carbonyl (C=O) groups is 1. The van der Waals surface area contributed by atoms with Crippen LogP contribution >= 0.6 is 23.2 Å². The van der Waals surface area contributed by atoms with E-state index in [1.807, 2.05) is 0 Å². The molecule has 0 fully saturated rings. The molecule has 8 heteroatoms. The van der Waals surface area contributed by atoms with Crippen molar-refractivity contribution in [2.75, 3.05) is 6.54 Å². The smallest absolute Gasteiger partial charge is 0.325 e. The number of hydrogen-bond donors (Lipinski definition) is 3. The van der Waals surface area contributed by atoms with Crippen LogP contribution in [0.25, 0.3) is 0 Å². The van der Waals surface area contributed by atoms with Gasteiger partial charge in [0.25, 0.3) is 5.56 Å². The predicted octanol–water partition coefficient (Wildman–Crippen LogP) is 1.97.